The summed E-state index contributed by atoms with van der Waals surface area (Å²) in [6.45, 7) is 3.27. The molecule has 0 spiro atoms. The van der Waals surface area contributed by atoms with E-state index < -0.39 is 15.6 Å². The molecule has 0 saturated carbocycles. The summed E-state index contributed by atoms with van der Waals surface area (Å²) in [6, 6.07) is 12.5. The minimum absolute atomic E-state index is 0.0578. The number of sulfonamides is 1. The summed E-state index contributed by atoms with van der Waals surface area (Å²) in [5, 5.41) is 5.24. The SMILES string of the molecule is CC(C)(Oc1ccc(Cl)cc1)C(=O)Nc1ccc(S(=O)(=O)Nc2nccs2)cc1. The van der Waals surface area contributed by atoms with Crippen LogP contribution in [0.1, 0.15) is 13.8 Å². The zero-order chi connectivity index (χ0) is 21.1. The number of rotatable bonds is 7. The fourth-order valence-electron chi connectivity index (χ4n) is 2.29. The molecule has 0 aliphatic heterocycles. The molecule has 0 bridgehead atoms. The summed E-state index contributed by atoms with van der Waals surface area (Å²) in [5.74, 6) is 0.119. The van der Waals surface area contributed by atoms with Gasteiger partial charge in [0.2, 0.25) is 0 Å². The first-order chi connectivity index (χ1) is 13.7. The van der Waals surface area contributed by atoms with Crippen LogP contribution in [-0.4, -0.2) is 24.9 Å². The van der Waals surface area contributed by atoms with E-state index in [4.69, 9.17) is 16.3 Å². The molecule has 7 nitrogen and oxygen atoms in total. The maximum Gasteiger partial charge on any atom is 0.267 e. The van der Waals surface area contributed by atoms with Gasteiger partial charge in [0.15, 0.2) is 10.7 Å². The predicted molar refractivity (Wildman–Crippen MR) is 114 cm³/mol. The Hall–Kier alpha value is -2.62. The maximum absolute atomic E-state index is 12.6. The lowest BCUT2D eigenvalue weighted by atomic mass is 10.1. The number of hydrogen-bond donors (Lipinski definition) is 2. The highest BCUT2D eigenvalue weighted by molar-refractivity contribution is 7.93. The third kappa shape index (κ3) is 5.47. The fourth-order valence-corrected chi connectivity index (χ4v) is 4.21. The van der Waals surface area contributed by atoms with Crippen molar-refractivity contribution in [3.05, 3.63) is 65.1 Å². The average molecular weight is 452 g/mol. The van der Waals surface area contributed by atoms with Crippen LogP contribution in [0.3, 0.4) is 0 Å². The van der Waals surface area contributed by atoms with Crippen LogP contribution in [0.25, 0.3) is 0 Å². The van der Waals surface area contributed by atoms with Gasteiger partial charge in [0.25, 0.3) is 15.9 Å². The Labute approximate surface area is 177 Å². The van der Waals surface area contributed by atoms with E-state index in [2.05, 4.69) is 15.0 Å². The number of benzene rings is 2. The molecule has 0 atom stereocenters. The average Bonchev–Trinajstić information content (AvgIpc) is 3.16. The molecule has 1 amide bonds. The van der Waals surface area contributed by atoms with Gasteiger partial charge in [-0.25, -0.2) is 13.4 Å². The summed E-state index contributed by atoms with van der Waals surface area (Å²) in [4.78, 5) is 16.6. The normalized spacial score (nSPS) is 11.7. The van der Waals surface area contributed by atoms with Crippen molar-refractivity contribution in [2.24, 2.45) is 0 Å². The topological polar surface area (TPSA) is 97.4 Å². The highest BCUT2D eigenvalue weighted by Gasteiger charge is 2.30. The molecule has 0 unspecified atom stereocenters. The molecule has 3 aromatic rings. The standard InChI is InChI=1S/C19H18ClN3O4S2/c1-19(2,27-15-7-3-13(20)4-8-15)17(24)22-14-5-9-16(10-6-14)29(25,26)23-18-21-11-12-28-18/h3-12H,1-2H3,(H,21,23)(H,22,24). The molecule has 10 heteroatoms. The van der Waals surface area contributed by atoms with Crippen LogP contribution in [0.15, 0.2) is 65.0 Å². The van der Waals surface area contributed by atoms with Gasteiger partial charge in [0.05, 0.1) is 4.90 Å². The molecule has 152 valence electrons. The van der Waals surface area contributed by atoms with Crippen LogP contribution in [0.5, 0.6) is 5.75 Å². The predicted octanol–water partition coefficient (Wildman–Crippen LogP) is 4.39. The minimum Gasteiger partial charge on any atom is -0.478 e. The first-order valence-electron chi connectivity index (χ1n) is 8.44. The monoisotopic (exact) mass is 451 g/mol. The first-order valence-corrected chi connectivity index (χ1v) is 11.2. The molecule has 29 heavy (non-hydrogen) atoms. The zero-order valence-corrected chi connectivity index (χ0v) is 17.9. The van der Waals surface area contributed by atoms with Gasteiger partial charge in [-0.2, -0.15) is 0 Å². The van der Waals surface area contributed by atoms with E-state index in [1.807, 2.05) is 0 Å². The van der Waals surface area contributed by atoms with Crippen molar-refractivity contribution >= 4 is 49.7 Å². The third-order valence-corrected chi connectivity index (χ3v) is 6.23. The Morgan fingerprint density at radius 3 is 2.34 bits per heavy atom. The van der Waals surface area contributed by atoms with E-state index in [1.54, 1.807) is 43.5 Å². The van der Waals surface area contributed by atoms with Gasteiger partial charge in [-0.15, -0.1) is 11.3 Å². The third-order valence-electron chi connectivity index (χ3n) is 3.81. The van der Waals surface area contributed by atoms with Crippen LogP contribution in [0, 0.1) is 0 Å². The van der Waals surface area contributed by atoms with Gasteiger partial charge in [0, 0.05) is 22.3 Å². The minimum atomic E-state index is -3.75. The molecule has 0 aliphatic rings. The van der Waals surface area contributed by atoms with Gasteiger partial charge in [-0.05, 0) is 62.4 Å². The molecule has 0 aliphatic carbocycles. The number of hydrogen-bond acceptors (Lipinski definition) is 6. The second-order valence-electron chi connectivity index (χ2n) is 6.49. The smallest absolute Gasteiger partial charge is 0.267 e. The molecular formula is C19H18ClN3O4S2. The van der Waals surface area contributed by atoms with Crippen LogP contribution >= 0.6 is 22.9 Å². The fraction of sp³-hybridized carbons (Fsp3) is 0.158. The number of carbonyl (C=O) groups excluding carboxylic acids is 1. The summed E-state index contributed by atoms with van der Waals surface area (Å²) < 4.78 is 32.9. The Kier molecular flexibility index (Phi) is 6.11. The highest BCUT2D eigenvalue weighted by atomic mass is 35.5. The number of amides is 1. The quantitative estimate of drug-likeness (QED) is 0.555. The molecule has 0 fully saturated rings. The summed E-state index contributed by atoms with van der Waals surface area (Å²) in [7, 11) is -3.75. The van der Waals surface area contributed by atoms with Gasteiger partial charge in [-0.3, -0.25) is 9.52 Å². The number of thiazole rings is 1. The van der Waals surface area contributed by atoms with Crippen molar-refractivity contribution in [2.75, 3.05) is 10.0 Å². The zero-order valence-electron chi connectivity index (χ0n) is 15.5. The van der Waals surface area contributed by atoms with E-state index >= 15 is 0 Å². The largest absolute Gasteiger partial charge is 0.478 e. The maximum atomic E-state index is 12.6. The molecular weight excluding hydrogens is 434 g/mol. The number of ether oxygens (including phenoxy) is 1. The number of nitrogens with zero attached hydrogens (tertiary/aromatic N) is 1. The summed E-state index contributed by atoms with van der Waals surface area (Å²) in [6.07, 6.45) is 1.51. The van der Waals surface area contributed by atoms with Crippen LogP contribution in [0.4, 0.5) is 10.8 Å². The van der Waals surface area contributed by atoms with E-state index in [9.17, 15) is 13.2 Å². The second kappa shape index (κ2) is 8.40. The van der Waals surface area contributed by atoms with E-state index in [0.29, 0.717) is 16.5 Å². The van der Waals surface area contributed by atoms with Crippen molar-refractivity contribution in [3.8, 4) is 5.75 Å². The van der Waals surface area contributed by atoms with Crippen LogP contribution in [-0.2, 0) is 14.8 Å². The van der Waals surface area contributed by atoms with Crippen LogP contribution in [0.2, 0.25) is 5.02 Å². The van der Waals surface area contributed by atoms with Crippen molar-refractivity contribution in [1.82, 2.24) is 4.98 Å². The molecule has 2 N–H and O–H groups in total. The van der Waals surface area contributed by atoms with Crippen molar-refractivity contribution in [2.45, 2.75) is 24.3 Å². The Bertz CT molecular complexity index is 1080. The number of halogens is 1. The lowest BCUT2D eigenvalue weighted by Gasteiger charge is -2.25. The molecule has 1 aromatic heterocycles. The second-order valence-corrected chi connectivity index (χ2v) is 9.50. The Balaban J connectivity index is 1.66. The van der Waals surface area contributed by atoms with E-state index in [-0.39, 0.29) is 15.9 Å². The van der Waals surface area contributed by atoms with Gasteiger partial charge >= 0.3 is 0 Å². The Morgan fingerprint density at radius 2 is 1.76 bits per heavy atom. The molecule has 0 saturated heterocycles. The van der Waals surface area contributed by atoms with Gasteiger partial charge < -0.3 is 10.1 Å². The summed E-state index contributed by atoms with van der Waals surface area (Å²) in [5.41, 5.74) is -0.721. The van der Waals surface area contributed by atoms with Crippen molar-refractivity contribution in [1.29, 1.82) is 0 Å². The first kappa shape index (κ1) is 21.1. The van der Waals surface area contributed by atoms with Gasteiger partial charge in [0.1, 0.15) is 5.75 Å². The van der Waals surface area contributed by atoms with E-state index in [0.717, 1.165) is 0 Å². The van der Waals surface area contributed by atoms with Gasteiger partial charge in [-0.1, -0.05) is 11.6 Å². The molecule has 0 radical (unpaired) electrons. The van der Waals surface area contributed by atoms with Crippen molar-refractivity contribution in [3.63, 3.8) is 0 Å². The summed E-state index contributed by atoms with van der Waals surface area (Å²) >= 11 is 7.03. The van der Waals surface area contributed by atoms with Crippen LogP contribution < -0.4 is 14.8 Å². The molecule has 1 heterocycles. The lowest BCUT2D eigenvalue weighted by Crippen LogP contribution is -2.42. The Morgan fingerprint density at radius 1 is 1.10 bits per heavy atom. The van der Waals surface area contributed by atoms with Crippen molar-refractivity contribution < 1.29 is 17.9 Å². The highest BCUT2D eigenvalue weighted by Crippen LogP contribution is 2.23. The van der Waals surface area contributed by atoms with E-state index in [1.165, 1.54) is 41.8 Å². The lowest BCUT2D eigenvalue weighted by molar-refractivity contribution is -0.128. The molecule has 2 aromatic carbocycles. The number of carbonyl (C=O) groups is 1. The number of anilines is 2. The number of aromatic nitrogens is 1. The molecule has 3 rings (SSSR count). The number of nitrogens with one attached hydrogen (secondary N) is 2.